The van der Waals surface area contributed by atoms with Crippen LogP contribution in [-0.2, 0) is 11.3 Å². The molecular formula is C19H20N4O4S. The van der Waals surface area contributed by atoms with Crippen LogP contribution in [0.2, 0.25) is 0 Å². The normalized spacial score (nSPS) is 14.9. The van der Waals surface area contributed by atoms with Crippen LogP contribution in [0.1, 0.15) is 39.8 Å². The van der Waals surface area contributed by atoms with Crippen LogP contribution in [-0.4, -0.2) is 39.7 Å². The van der Waals surface area contributed by atoms with Gasteiger partial charge in [0.25, 0.3) is 5.91 Å². The van der Waals surface area contributed by atoms with Crippen molar-refractivity contribution in [3.05, 3.63) is 41.2 Å². The molecule has 1 amide bonds. The van der Waals surface area contributed by atoms with Crippen LogP contribution in [0.3, 0.4) is 0 Å². The number of furan rings is 1. The average molecular weight is 400 g/mol. The van der Waals surface area contributed by atoms with Crippen molar-refractivity contribution in [2.75, 3.05) is 18.5 Å². The van der Waals surface area contributed by atoms with E-state index in [4.69, 9.17) is 9.15 Å². The maximum Gasteiger partial charge on any atom is 0.260 e. The number of ketones is 1. The van der Waals surface area contributed by atoms with Crippen molar-refractivity contribution in [1.29, 1.82) is 0 Å². The number of aryl methyl sites for hydroxylation is 1. The van der Waals surface area contributed by atoms with Gasteiger partial charge in [0, 0.05) is 31.9 Å². The molecule has 4 rings (SSSR count). The zero-order chi connectivity index (χ0) is 19.5. The van der Waals surface area contributed by atoms with Crippen LogP contribution in [0.15, 0.2) is 35.2 Å². The molecule has 0 aromatic carbocycles. The Labute approximate surface area is 165 Å². The van der Waals surface area contributed by atoms with Gasteiger partial charge in [-0.2, -0.15) is 5.10 Å². The number of nitrogens with zero attached hydrogens (tertiary/aromatic N) is 3. The van der Waals surface area contributed by atoms with E-state index in [1.165, 1.54) is 23.8 Å². The molecular weight excluding hydrogens is 380 g/mol. The van der Waals surface area contributed by atoms with Gasteiger partial charge >= 0.3 is 0 Å². The summed E-state index contributed by atoms with van der Waals surface area (Å²) in [4.78, 5) is 30.5. The predicted molar refractivity (Wildman–Crippen MR) is 104 cm³/mol. The molecule has 4 heterocycles. The van der Waals surface area contributed by atoms with Gasteiger partial charge in [0.1, 0.15) is 10.6 Å². The van der Waals surface area contributed by atoms with Gasteiger partial charge < -0.3 is 9.15 Å². The quantitative estimate of drug-likeness (QED) is 0.636. The number of rotatable bonds is 6. The lowest BCUT2D eigenvalue weighted by molar-refractivity contribution is 0.0547. The van der Waals surface area contributed by atoms with Gasteiger partial charge in [0.15, 0.2) is 16.7 Å². The maximum absolute atomic E-state index is 13.1. The predicted octanol–water partition coefficient (Wildman–Crippen LogP) is 3.48. The number of hydrogen-bond donors (Lipinski definition) is 1. The molecule has 1 N–H and O–H groups in total. The Morgan fingerprint density at radius 2 is 2.18 bits per heavy atom. The standard InChI is InChI=1S/C19H20N4O4S/c1-2-23-11-13(10-20-23)18(25)22-19-21-15(14-4-3-7-27-14)17(28-19)16(24)12-5-8-26-9-6-12/h3-4,7,10-12H,2,5-6,8-9H2,1H3,(H,21,22,25). The van der Waals surface area contributed by atoms with Gasteiger partial charge in [-0.15, -0.1) is 0 Å². The zero-order valence-electron chi connectivity index (χ0n) is 15.4. The highest BCUT2D eigenvalue weighted by atomic mass is 32.1. The third-order valence-electron chi connectivity index (χ3n) is 4.64. The van der Waals surface area contributed by atoms with E-state index in [9.17, 15) is 9.59 Å². The minimum atomic E-state index is -0.315. The van der Waals surface area contributed by atoms with Crippen molar-refractivity contribution in [3.8, 4) is 11.5 Å². The van der Waals surface area contributed by atoms with Crippen molar-refractivity contribution in [2.24, 2.45) is 5.92 Å². The highest BCUT2D eigenvalue weighted by Gasteiger charge is 2.29. The fraction of sp³-hybridized carbons (Fsp3) is 0.368. The van der Waals surface area contributed by atoms with E-state index < -0.39 is 0 Å². The fourth-order valence-electron chi connectivity index (χ4n) is 3.09. The summed E-state index contributed by atoms with van der Waals surface area (Å²) < 4.78 is 12.5. The molecule has 0 radical (unpaired) electrons. The molecule has 0 saturated carbocycles. The molecule has 0 aliphatic carbocycles. The molecule has 0 unspecified atom stereocenters. The molecule has 0 bridgehead atoms. The molecule has 9 heteroatoms. The average Bonchev–Trinajstić information content (AvgIpc) is 3.47. The number of amides is 1. The van der Waals surface area contributed by atoms with Crippen LogP contribution >= 0.6 is 11.3 Å². The minimum absolute atomic E-state index is 0.0199. The summed E-state index contributed by atoms with van der Waals surface area (Å²) in [6.07, 6.45) is 6.09. The van der Waals surface area contributed by atoms with Crippen molar-refractivity contribution in [3.63, 3.8) is 0 Å². The molecule has 1 aliphatic rings. The first kappa shape index (κ1) is 18.6. The van der Waals surface area contributed by atoms with E-state index in [1.54, 1.807) is 23.0 Å². The Kier molecular flexibility index (Phi) is 5.36. The molecule has 28 heavy (non-hydrogen) atoms. The Bertz CT molecular complexity index is 970. The van der Waals surface area contributed by atoms with Gasteiger partial charge in [0.05, 0.1) is 18.0 Å². The second-order valence-corrected chi connectivity index (χ2v) is 7.46. The van der Waals surface area contributed by atoms with Gasteiger partial charge in [-0.05, 0) is 31.9 Å². The van der Waals surface area contributed by atoms with E-state index in [1.807, 2.05) is 6.92 Å². The molecule has 8 nitrogen and oxygen atoms in total. The Morgan fingerprint density at radius 3 is 2.86 bits per heavy atom. The highest BCUT2D eigenvalue weighted by molar-refractivity contribution is 7.18. The zero-order valence-corrected chi connectivity index (χ0v) is 16.2. The Hall–Kier alpha value is -2.78. The van der Waals surface area contributed by atoms with Crippen LogP contribution < -0.4 is 5.32 Å². The van der Waals surface area contributed by atoms with Crippen LogP contribution in [0, 0.1) is 5.92 Å². The number of nitrogens with one attached hydrogen (secondary N) is 1. The third-order valence-corrected chi connectivity index (χ3v) is 5.62. The monoisotopic (exact) mass is 400 g/mol. The van der Waals surface area contributed by atoms with Gasteiger partial charge in [-0.3, -0.25) is 19.6 Å². The van der Waals surface area contributed by atoms with E-state index in [0.717, 1.165) is 0 Å². The summed E-state index contributed by atoms with van der Waals surface area (Å²) in [7, 11) is 0. The second-order valence-electron chi connectivity index (χ2n) is 6.46. The lowest BCUT2D eigenvalue weighted by atomic mass is 9.94. The third kappa shape index (κ3) is 3.76. The molecule has 3 aromatic rings. The number of ether oxygens (including phenoxy) is 1. The lowest BCUT2D eigenvalue weighted by Crippen LogP contribution is -2.23. The SMILES string of the molecule is CCn1cc(C(=O)Nc2nc(-c3ccco3)c(C(=O)C3CCOCC3)s2)cn1. The largest absolute Gasteiger partial charge is 0.463 e. The summed E-state index contributed by atoms with van der Waals surface area (Å²) in [5, 5.41) is 7.24. The topological polar surface area (TPSA) is 99.2 Å². The van der Waals surface area contributed by atoms with E-state index >= 15 is 0 Å². The number of Topliss-reactive ketones (excluding diaryl/α,β-unsaturated/α-hetero) is 1. The molecule has 1 fully saturated rings. The van der Waals surface area contributed by atoms with Gasteiger partial charge in [0.2, 0.25) is 0 Å². The molecule has 0 spiro atoms. The number of carbonyl (C=O) groups is 2. The van der Waals surface area contributed by atoms with E-state index in [-0.39, 0.29) is 17.6 Å². The summed E-state index contributed by atoms with van der Waals surface area (Å²) in [6, 6.07) is 3.50. The number of anilines is 1. The Balaban J connectivity index is 1.61. The van der Waals surface area contributed by atoms with E-state index in [2.05, 4.69) is 15.4 Å². The molecule has 0 atom stereocenters. The van der Waals surface area contributed by atoms with Crippen LogP contribution in [0.5, 0.6) is 0 Å². The van der Waals surface area contributed by atoms with Gasteiger partial charge in [-0.1, -0.05) is 11.3 Å². The maximum atomic E-state index is 13.1. The van der Waals surface area contributed by atoms with Crippen molar-refractivity contribution in [1.82, 2.24) is 14.8 Å². The van der Waals surface area contributed by atoms with Crippen molar-refractivity contribution >= 4 is 28.2 Å². The Morgan fingerprint density at radius 1 is 1.36 bits per heavy atom. The molecule has 1 aliphatic heterocycles. The first-order valence-corrected chi connectivity index (χ1v) is 9.97. The van der Waals surface area contributed by atoms with Crippen LogP contribution in [0.25, 0.3) is 11.5 Å². The summed E-state index contributed by atoms with van der Waals surface area (Å²) in [5.41, 5.74) is 0.903. The summed E-state index contributed by atoms with van der Waals surface area (Å²) in [5.74, 6) is 0.108. The lowest BCUT2D eigenvalue weighted by Gasteiger charge is -2.20. The molecule has 3 aromatic heterocycles. The van der Waals surface area contributed by atoms with Crippen LogP contribution in [0.4, 0.5) is 5.13 Å². The molecule has 146 valence electrons. The summed E-state index contributed by atoms with van der Waals surface area (Å²) >= 11 is 1.17. The van der Waals surface area contributed by atoms with Crippen molar-refractivity contribution < 1.29 is 18.7 Å². The first-order valence-electron chi connectivity index (χ1n) is 9.16. The minimum Gasteiger partial charge on any atom is -0.463 e. The van der Waals surface area contributed by atoms with E-state index in [0.29, 0.717) is 59.6 Å². The highest BCUT2D eigenvalue weighted by Crippen LogP contribution is 2.35. The first-order chi connectivity index (χ1) is 13.7. The number of carbonyl (C=O) groups excluding carboxylic acids is 2. The number of aromatic nitrogens is 3. The summed E-state index contributed by atoms with van der Waals surface area (Å²) in [6.45, 7) is 3.78. The molecule has 1 saturated heterocycles. The number of hydrogen-bond acceptors (Lipinski definition) is 7. The fourth-order valence-corrected chi connectivity index (χ4v) is 4.07. The number of thiazole rings is 1. The van der Waals surface area contributed by atoms with Crippen molar-refractivity contribution in [2.45, 2.75) is 26.3 Å². The second kappa shape index (κ2) is 8.07. The van der Waals surface area contributed by atoms with Gasteiger partial charge in [-0.25, -0.2) is 4.98 Å². The smallest absolute Gasteiger partial charge is 0.260 e.